The third kappa shape index (κ3) is 21.1. The lowest BCUT2D eigenvalue weighted by Gasteiger charge is -2.18. The normalized spacial score (nSPS) is 10.9. The first-order valence-corrected chi connectivity index (χ1v) is 48.3. The van der Waals surface area contributed by atoms with E-state index in [1.54, 1.807) is 105 Å². The van der Waals surface area contributed by atoms with Crippen LogP contribution in [0.5, 0.6) is 0 Å². The van der Waals surface area contributed by atoms with Crippen LogP contribution in [0.25, 0.3) is 248 Å². The molecule has 0 bridgehead atoms. The van der Waals surface area contributed by atoms with Crippen molar-refractivity contribution < 1.29 is 0 Å². The van der Waals surface area contributed by atoms with Crippen LogP contribution in [0, 0.1) is 0 Å². The van der Waals surface area contributed by atoms with Crippen molar-refractivity contribution in [2.24, 2.45) is 0 Å². The van der Waals surface area contributed by atoms with E-state index in [1.807, 2.05) is 346 Å². The Kier molecular flexibility index (Phi) is 27.0. The molecule has 23 aromatic heterocycles. The molecule has 0 saturated heterocycles. The van der Waals surface area contributed by atoms with E-state index in [4.69, 9.17) is 49.8 Å². The molecule has 0 unspecified atom stereocenters. The highest BCUT2D eigenvalue weighted by atomic mass is 14.9. The van der Waals surface area contributed by atoms with Crippen LogP contribution in [0.15, 0.2) is 500 Å². The minimum Gasteiger partial charge on any atom is -0.263 e. The summed E-state index contributed by atoms with van der Waals surface area (Å²) in [4.78, 5) is 113. The van der Waals surface area contributed by atoms with Gasteiger partial charge in [-0.05, 0) is 277 Å². The first kappa shape index (κ1) is 92.5. The fourth-order valence-corrected chi connectivity index (χ4v) is 17.5. The van der Waals surface area contributed by atoms with Crippen LogP contribution < -0.4 is 0 Å². The molecule has 0 saturated carbocycles. The molecule has 0 radical (unpaired) electrons. The van der Waals surface area contributed by atoms with E-state index in [2.05, 4.69) is 118 Å². The van der Waals surface area contributed by atoms with Crippen LogP contribution in [-0.2, 0) is 0 Å². The van der Waals surface area contributed by atoms with Gasteiger partial charge in [0.15, 0.2) is 5.82 Å². The molecule has 0 atom stereocenters. The predicted molar refractivity (Wildman–Crippen MR) is 586 cm³/mol. The zero-order chi connectivity index (χ0) is 100. The van der Waals surface area contributed by atoms with Gasteiger partial charge in [-0.2, -0.15) is 0 Å². The number of pyridine rings is 22. The third-order valence-electron chi connectivity index (χ3n) is 24.8. The number of benzene rings is 2. The minimum absolute atomic E-state index is 0.527. The largest absolute Gasteiger partial charge is 0.263 e. The van der Waals surface area contributed by atoms with Crippen molar-refractivity contribution in [1.29, 1.82) is 0 Å². The first-order chi connectivity index (χ1) is 74.3. The van der Waals surface area contributed by atoms with Gasteiger partial charge in [-0.15, -0.1) is 0 Å². The van der Waals surface area contributed by atoms with Crippen LogP contribution in [0.2, 0.25) is 0 Å². The molecule has 0 N–H and O–H groups in total. The van der Waals surface area contributed by atoms with E-state index < -0.39 is 0 Å². The topological polar surface area (TPSA) is 309 Å². The Balaban J connectivity index is 0.000000124. The number of hydrogen-bond donors (Lipinski definition) is 0. The smallest absolute Gasteiger partial charge is 0.161 e. The van der Waals surface area contributed by atoms with Gasteiger partial charge in [0.05, 0.1) is 142 Å². The predicted octanol–water partition coefficient (Wildman–Crippen LogP) is 27.2. The molecule has 0 spiro atoms. The van der Waals surface area contributed by atoms with E-state index in [9.17, 15) is 0 Å². The summed E-state index contributed by atoms with van der Waals surface area (Å²) in [7, 11) is 0. The van der Waals surface area contributed by atoms with Crippen molar-refractivity contribution in [3.05, 3.63) is 500 Å². The molecule has 23 heterocycles. The fraction of sp³-hybridized carbons (Fsp3) is 0. The molecule has 0 aliphatic heterocycles. The molecule has 2 aromatic carbocycles. The van der Waals surface area contributed by atoms with Crippen LogP contribution >= 0.6 is 0 Å². The molecule has 0 fully saturated rings. The fourth-order valence-electron chi connectivity index (χ4n) is 17.5. The molecule has 706 valence electrons. The summed E-state index contributed by atoms with van der Waals surface area (Å²) in [6, 6.07) is 121. The zero-order valence-electron chi connectivity index (χ0n) is 80.1. The molecular formula is C126H82N24. The Morgan fingerprint density at radius 3 is 0.507 bits per heavy atom. The monoisotopic (exact) mass is 1930 g/mol. The Hall–Kier alpha value is -21.2. The highest BCUT2D eigenvalue weighted by Crippen LogP contribution is 2.46. The summed E-state index contributed by atoms with van der Waals surface area (Å²) in [6.07, 6.45) is 37.9. The molecule has 24 nitrogen and oxygen atoms in total. The van der Waals surface area contributed by atoms with Gasteiger partial charge in [-0.3, -0.25) is 89.7 Å². The molecule has 0 aliphatic carbocycles. The molecular weight excluding hydrogens is 1850 g/mol. The maximum Gasteiger partial charge on any atom is 0.161 e. The van der Waals surface area contributed by atoms with Crippen molar-refractivity contribution >= 4 is 0 Å². The molecule has 24 heteroatoms. The molecule has 25 rings (SSSR count). The Bertz CT molecular complexity index is 7990. The number of hydrogen-bond acceptors (Lipinski definition) is 24. The van der Waals surface area contributed by atoms with Gasteiger partial charge in [0.1, 0.15) is 0 Å². The van der Waals surface area contributed by atoms with Crippen molar-refractivity contribution in [3.63, 3.8) is 0 Å². The maximum absolute atomic E-state index is 5.18. The molecule has 0 amide bonds. The summed E-state index contributed by atoms with van der Waals surface area (Å²) in [5, 5.41) is 0. The highest BCUT2D eigenvalue weighted by molar-refractivity contribution is 5.97. The van der Waals surface area contributed by atoms with Gasteiger partial charge >= 0.3 is 0 Å². The Labute approximate surface area is 862 Å². The average Bonchev–Trinajstić information content (AvgIpc) is 0.757. The molecule has 25 aromatic rings. The van der Waals surface area contributed by atoms with Gasteiger partial charge in [-0.25, -0.2) is 29.9 Å². The lowest BCUT2D eigenvalue weighted by molar-refractivity contribution is 1.16. The Morgan fingerprint density at radius 2 is 0.287 bits per heavy atom. The van der Waals surface area contributed by atoms with Crippen LogP contribution in [0.1, 0.15) is 0 Å². The first-order valence-electron chi connectivity index (χ1n) is 48.3. The van der Waals surface area contributed by atoms with E-state index in [-0.39, 0.29) is 0 Å². The van der Waals surface area contributed by atoms with E-state index >= 15 is 0 Å². The van der Waals surface area contributed by atoms with Crippen LogP contribution in [-0.4, -0.2) is 120 Å². The summed E-state index contributed by atoms with van der Waals surface area (Å²) in [6.45, 7) is 0. The van der Waals surface area contributed by atoms with Gasteiger partial charge in [0.2, 0.25) is 0 Å². The quantitative estimate of drug-likeness (QED) is 0.0608. The summed E-state index contributed by atoms with van der Waals surface area (Å²) < 4.78 is 0. The lowest BCUT2D eigenvalue weighted by Crippen LogP contribution is -1.99. The zero-order valence-corrected chi connectivity index (χ0v) is 80.1. The van der Waals surface area contributed by atoms with Crippen molar-refractivity contribution in [2.75, 3.05) is 0 Å². The third-order valence-corrected chi connectivity index (χ3v) is 24.8. The van der Waals surface area contributed by atoms with Gasteiger partial charge in [0.25, 0.3) is 0 Å². The number of nitrogens with zero attached hydrogens (tertiary/aromatic N) is 24. The van der Waals surface area contributed by atoms with Crippen LogP contribution in [0.3, 0.4) is 0 Å². The van der Waals surface area contributed by atoms with Crippen molar-refractivity contribution in [2.45, 2.75) is 0 Å². The van der Waals surface area contributed by atoms with Crippen molar-refractivity contribution in [1.82, 2.24) is 120 Å². The highest BCUT2D eigenvalue weighted by Gasteiger charge is 2.25. The van der Waals surface area contributed by atoms with Gasteiger partial charge in [0, 0.05) is 208 Å². The van der Waals surface area contributed by atoms with Crippen LogP contribution in [0.4, 0.5) is 0 Å². The van der Waals surface area contributed by atoms with E-state index in [1.165, 1.54) is 0 Å². The van der Waals surface area contributed by atoms with Gasteiger partial charge < -0.3 is 0 Å². The second-order valence-corrected chi connectivity index (χ2v) is 34.5. The number of rotatable bonds is 22. The molecule has 0 aliphatic rings. The molecule has 150 heavy (non-hydrogen) atoms. The number of aromatic nitrogens is 24. The summed E-state index contributed by atoms with van der Waals surface area (Å²) in [5.41, 5.74) is 36.0. The van der Waals surface area contributed by atoms with Crippen molar-refractivity contribution in [3.8, 4) is 248 Å². The lowest BCUT2D eigenvalue weighted by atomic mass is 9.86. The van der Waals surface area contributed by atoms with E-state index in [0.29, 0.717) is 17.2 Å². The maximum atomic E-state index is 5.18. The average molecular weight is 1930 g/mol. The Morgan fingerprint density at radius 1 is 0.100 bits per heavy atom. The minimum atomic E-state index is 0.527. The van der Waals surface area contributed by atoms with E-state index in [0.717, 1.165) is 231 Å². The van der Waals surface area contributed by atoms with Gasteiger partial charge in [-0.1, -0.05) is 115 Å². The summed E-state index contributed by atoms with van der Waals surface area (Å²) >= 11 is 0. The second-order valence-electron chi connectivity index (χ2n) is 34.5. The second kappa shape index (κ2) is 43.7. The summed E-state index contributed by atoms with van der Waals surface area (Å²) in [5.74, 6) is 0.527. The SMILES string of the molecule is c1ccc(-c2ccc(-c3cc(-c4ccc(-c5ccccn5)nc4)c(-c4ccc(-c5ccccn5)nc4)cc3-c3ccc(-c4ccccn4)nc3)cn2)nc1.c1ccc(-c2cccc(-c3cc(-c4cccc(-c5ccccn5)n4)c(-c4cccc(-c5ccccn5)n4)cc3-c3cccc(-c4ccccn4)n3)n2)nc1.c1ccc(-c2cncc(-c3cc(-c4cncc(-c5ccccn5)c4)nc(-c4cncc(-c5ccccn5)c4)n3)c2)nc1. The standard InChI is InChI=1S/2C46H30N8.C34H22N8/c1-5-25-47-39(13-1)43-21-9-17-35(51-43)31-29-33(37-19-11-23-45(53-37)41-15-3-7-27-49-41)34(38-20-12-24-46(54-38)42-16-4-8-28-50-42)30-32(31)36-18-10-22-44(52-36)40-14-2-6-26-48-40;1-5-21-47-39(9-1)43-17-13-31(27-51-43)35-25-37(33-15-19-45(53-29-33)41-11-3-7-23-49-41)38(34-16-20-46(54-30-34)42-12-4-8-24-50-42)26-36(35)32-14-18-44(52-28-32)40-10-2-6-22-48-40;1-4-10-38-29(7-1)23-13-26(20-35-17-23)32-16-33(27-14-24(18-36-21-27)30-8-2-5-11-39-30)42-34(41-32)28-15-25(19-37-22-28)31-9-3-6-12-40-31/h2*1-30H;1-22H.